The van der Waals surface area contributed by atoms with Crippen molar-refractivity contribution in [3.05, 3.63) is 40.4 Å². The van der Waals surface area contributed by atoms with Crippen molar-refractivity contribution in [3.63, 3.8) is 0 Å². The molecule has 0 heterocycles. The highest BCUT2D eigenvalue weighted by Crippen LogP contribution is 2.39. The lowest BCUT2D eigenvalue weighted by Crippen LogP contribution is -2.16. The summed E-state index contributed by atoms with van der Waals surface area (Å²) in [5.74, 6) is 0.227. The van der Waals surface area contributed by atoms with E-state index in [1.54, 1.807) is 19.2 Å². The molecule has 1 N–H and O–H groups in total. The van der Waals surface area contributed by atoms with E-state index in [4.69, 9.17) is 14.6 Å². The fourth-order valence-corrected chi connectivity index (χ4v) is 2.70. The minimum Gasteiger partial charge on any atom is -0.493 e. The number of hydrogen-bond donors (Lipinski definition) is 1. The average Bonchev–Trinajstić information content (AvgIpc) is 2.49. The van der Waals surface area contributed by atoms with Crippen LogP contribution >= 0.6 is 15.9 Å². The molecule has 4 nitrogen and oxygen atoms in total. The minimum absolute atomic E-state index is 0.0163. The Morgan fingerprint density at radius 3 is 2.90 bits per heavy atom. The maximum absolute atomic E-state index is 10.6. The average molecular weight is 353 g/mol. The van der Waals surface area contributed by atoms with Gasteiger partial charge in [0, 0.05) is 6.08 Å². The molecule has 0 aromatic heterocycles. The van der Waals surface area contributed by atoms with E-state index in [9.17, 15) is 4.79 Å². The maximum Gasteiger partial charge on any atom is 0.328 e. The van der Waals surface area contributed by atoms with Crippen molar-refractivity contribution >= 4 is 28.0 Å². The highest BCUT2D eigenvalue weighted by Gasteiger charge is 2.17. The van der Waals surface area contributed by atoms with E-state index >= 15 is 0 Å². The second kappa shape index (κ2) is 7.31. The van der Waals surface area contributed by atoms with Gasteiger partial charge < -0.3 is 14.6 Å². The van der Waals surface area contributed by atoms with Crippen LogP contribution in [0.15, 0.2) is 34.8 Å². The van der Waals surface area contributed by atoms with E-state index < -0.39 is 5.97 Å². The Balaban J connectivity index is 2.32. The van der Waals surface area contributed by atoms with E-state index in [2.05, 4.69) is 28.1 Å². The van der Waals surface area contributed by atoms with Gasteiger partial charge >= 0.3 is 5.97 Å². The Morgan fingerprint density at radius 1 is 1.48 bits per heavy atom. The Hall–Kier alpha value is -1.75. The number of hydrogen-bond acceptors (Lipinski definition) is 3. The summed E-state index contributed by atoms with van der Waals surface area (Å²) in [6.45, 7) is 0. The molecule has 1 aromatic rings. The number of carbonyl (C=O) groups is 1. The van der Waals surface area contributed by atoms with E-state index in [0.717, 1.165) is 30.9 Å². The number of benzene rings is 1. The van der Waals surface area contributed by atoms with Crippen LogP contribution in [0.4, 0.5) is 0 Å². The van der Waals surface area contributed by atoms with Crippen molar-refractivity contribution < 1.29 is 19.4 Å². The first-order valence-corrected chi connectivity index (χ1v) is 7.52. The first kappa shape index (κ1) is 15.6. The zero-order chi connectivity index (χ0) is 15.2. The van der Waals surface area contributed by atoms with Gasteiger partial charge in [-0.05, 0) is 65.0 Å². The van der Waals surface area contributed by atoms with Crippen molar-refractivity contribution in [2.75, 3.05) is 7.11 Å². The van der Waals surface area contributed by atoms with Gasteiger partial charge in [-0.25, -0.2) is 4.79 Å². The highest BCUT2D eigenvalue weighted by molar-refractivity contribution is 9.10. The molecule has 1 aromatic carbocycles. The van der Waals surface area contributed by atoms with Crippen LogP contribution in [0.5, 0.6) is 11.5 Å². The molecule has 0 radical (unpaired) electrons. The summed E-state index contributed by atoms with van der Waals surface area (Å²) in [5, 5.41) is 8.73. The number of carboxylic acid groups (broad SMARTS) is 1. The zero-order valence-electron chi connectivity index (χ0n) is 11.7. The normalized spacial score (nSPS) is 17.9. The van der Waals surface area contributed by atoms with Crippen LogP contribution in [0, 0.1) is 0 Å². The smallest absolute Gasteiger partial charge is 0.328 e. The van der Waals surface area contributed by atoms with Gasteiger partial charge in [-0.3, -0.25) is 0 Å². The zero-order valence-corrected chi connectivity index (χ0v) is 13.3. The molecule has 0 fully saturated rings. The summed E-state index contributed by atoms with van der Waals surface area (Å²) < 4.78 is 12.0. The van der Waals surface area contributed by atoms with Gasteiger partial charge in [0.15, 0.2) is 11.5 Å². The number of carboxylic acids is 1. The van der Waals surface area contributed by atoms with Crippen LogP contribution in [0.25, 0.3) is 6.08 Å². The molecule has 0 saturated heterocycles. The Bertz CT molecular complexity index is 578. The summed E-state index contributed by atoms with van der Waals surface area (Å²) in [6, 6.07) is 3.56. The van der Waals surface area contributed by atoms with Crippen LogP contribution in [0.3, 0.4) is 0 Å². The van der Waals surface area contributed by atoms with E-state index in [1.807, 2.05) is 0 Å². The lowest BCUT2D eigenvalue weighted by molar-refractivity contribution is -0.131. The number of halogens is 1. The predicted molar refractivity (Wildman–Crippen MR) is 84.8 cm³/mol. The third-order valence-electron chi connectivity index (χ3n) is 3.20. The molecule has 0 spiro atoms. The third-order valence-corrected chi connectivity index (χ3v) is 4.01. The highest BCUT2D eigenvalue weighted by atomic mass is 79.9. The molecule has 2 rings (SSSR count). The second-order valence-corrected chi connectivity index (χ2v) is 5.48. The van der Waals surface area contributed by atoms with Crippen LogP contribution in [0.2, 0.25) is 0 Å². The van der Waals surface area contributed by atoms with E-state index in [-0.39, 0.29) is 6.10 Å². The molecule has 21 heavy (non-hydrogen) atoms. The van der Waals surface area contributed by atoms with Gasteiger partial charge in [0.2, 0.25) is 0 Å². The summed E-state index contributed by atoms with van der Waals surface area (Å²) in [7, 11) is 1.58. The maximum atomic E-state index is 10.6. The molecule has 0 bridgehead atoms. The largest absolute Gasteiger partial charge is 0.493 e. The van der Waals surface area contributed by atoms with Crippen LogP contribution in [-0.2, 0) is 4.79 Å². The summed E-state index contributed by atoms with van der Waals surface area (Å²) in [5.41, 5.74) is 0.730. The Labute approximate surface area is 132 Å². The lowest BCUT2D eigenvalue weighted by Gasteiger charge is -2.21. The quantitative estimate of drug-likeness (QED) is 0.641. The summed E-state index contributed by atoms with van der Waals surface area (Å²) >= 11 is 3.48. The van der Waals surface area contributed by atoms with Crippen LogP contribution in [0.1, 0.15) is 24.8 Å². The van der Waals surface area contributed by atoms with Crippen molar-refractivity contribution in [1.82, 2.24) is 0 Å². The number of methoxy groups -OCH3 is 1. The summed E-state index contributed by atoms with van der Waals surface area (Å²) in [4.78, 5) is 10.6. The van der Waals surface area contributed by atoms with Crippen LogP contribution in [-0.4, -0.2) is 24.3 Å². The van der Waals surface area contributed by atoms with Gasteiger partial charge in [0.25, 0.3) is 0 Å². The minimum atomic E-state index is -0.990. The molecular weight excluding hydrogens is 336 g/mol. The number of rotatable bonds is 5. The predicted octanol–water partition coefficient (Wildman–Crippen LogP) is 4.04. The second-order valence-electron chi connectivity index (χ2n) is 4.69. The van der Waals surface area contributed by atoms with E-state index in [1.165, 1.54) is 6.08 Å². The van der Waals surface area contributed by atoms with Crippen LogP contribution < -0.4 is 9.47 Å². The fraction of sp³-hybridized carbons (Fsp3) is 0.312. The Morgan fingerprint density at radius 2 is 2.29 bits per heavy atom. The third kappa shape index (κ3) is 4.11. The number of allylic oxidation sites excluding steroid dienone is 1. The molecular formula is C16H17BrO4. The topological polar surface area (TPSA) is 55.8 Å². The van der Waals surface area contributed by atoms with E-state index in [0.29, 0.717) is 16.0 Å². The van der Waals surface area contributed by atoms with Gasteiger partial charge in [0.05, 0.1) is 11.6 Å². The molecule has 1 unspecified atom stereocenters. The standard InChI is InChI=1S/C16H17BrO4/c1-20-13-9-7-11(8-10-14(18)19)15(17)16(13)21-12-5-3-2-4-6-12/h3,5,7-10,12H,2,4,6H2,1H3,(H,18,19)/b10-8-. The molecule has 0 amide bonds. The Kier molecular flexibility index (Phi) is 5.44. The van der Waals surface area contributed by atoms with Gasteiger partial charge in [0.1, 0.15) is 6.10 Å². The molecule has 0 saturated carbocycles. The molecule has 5 heteroatoms. The first-order valence-electron chi connectivity index (χ1n) is 6.72. The van der Waals surface area contributed by atoms with Crippen molar-refractivity contribution in [3.8, 4) is 11.5 Å². The molecule has 1 aliphatic rings. The van der Waals surface area contributed by atoms with Gasteiger partial charge in [-0.2, -0.15) is 0 Å². The van der Waals surface area contributed by atoms with Crippen molar-refractivity contribution in [2.45, 2.75) is 25.4 Å². The monoisotopic (exact) mass is 352 g/mol. The molecule has 0 aliphatic heterocycles. The number of aliphatic carboxylic acids is 1. The first-order chi connectivity index (χ1) is 10.1. The van der Waals surface area contributed by atoms with Crippen molar-refractivity contribution in [2.24, 2.45) is 0 Å². The summed E-state index contributed by atoms with van der Waals surface area (Å²) in [6.07, 6.45) is 9.94. The lowest BCUT2D eigenvalue weighted by atomic mass is 10.1. The molecule has 112 valence electrons. The van der Waals surface area contributed by atoms with Gasteiger partial charge in [-0.1, -0.05) is 6.08 Å². The molecule has 1 aliphatic carbocycles. The number of ether oxygens (including phenoxy) is 2. The van der Waals surface area contributed by atoms with Gasteiger partial charge in [-0.15, -0.1) is 0 Å². The SMILES string of the molecule is COc1ccc(/C=C\C(=O)O)c(Br)c1OC1C=CCCC1. The molecule has 1 atom stereocenters. The fourth-order valence-electron chi connectivity index (χ4n) is 2.14. The van der Waals surface area contributed by atoms with Crippen molar-refractivity contribution in [1.29, 1.82) is 0 Å².